The van der Waals surface area contributed by atoms with Crippen LogP contribution < -0.4 is 5.56 Å². The lowest BCUT2D eigenvalue weighted by Gasteiger charge is -2.31. The van der Waals surface area contributed by atoms with Crippen molar-refractivity contribution in [3.05, 3.63) is 33.2 Å². The third-order valence-corrected chi connectivity index (χ3v) is 4.34. The molecule has 1 amide bonds. The molecule has 1 aromatic rings. The van der Waals surface area contributed by atoms with Crippen molar-refractivity contribution in [3.63, 3.8) is 0 Å². The summed E-state index contributed by atoms with van der Waals surface area (Å²) in [6, 6.07) is 0.530. The van der Waals surface area contributed by atoms with E-state index in [0.717, 1.165) is 0 Å². The predicted molar refractivity (Wildman–Crippen MR) is 86.7 cm³/mol. The maximum Gasteiger partial charge on any atom is 0.417 e. The highest BCUT2D eigenvalue weighted by Crippen LogP contribution is 2.29. The van der Waals surface area contributed by atoms with Gasteiger partial charge in [0.15, 0.2) is 0 Å². The smallest absolute Gasteiger partial charge is 0.417 e. The van der Waals surface area contributed by atoms with E-state index in [1.807, 2.05) is 0 Å². The molecule has 1 saturated heterocycles. The van der Waals surface area contributed by atoms with Gasteiger partial charge in [0, 0.05) is 19.3 Å². The van der Waals surface area contributed by atoms with E-state index in [9.17, 15) is 27.6 Å². The summed E-state index contributed by atoms with van der Waals surface area (Å²) in [5, 5.41) is -0.615. The van der Waals surface area contributed by atoms with Gasteiger partial charge in [-0.1, -0.05) is 11.6 Å². The Kier molecular flexibility index (Phi) is 6.33. The zero-order chi connectivity index (χ0) is 19.5. The molecule has 10 heteroatoms. The highest BCUT2D eigenvalue weighted by molar-refractivity contribution is 6.30. The number of nitrogens with zero attached hydrogens (tertiary/aromatic N) is 2. The second-order valence-corrected chi connectivity index (χ2v) is 6.35. The number of aromatic nitrogens is 1. The largest absolute Gasteiger partial charge is 0.466 e. The Balaban J connectivity index is 2.15. The topological polar surface area (TPSA) is 68.6 Å². The molecule has 6 nitrogen and oxygen atoms in total. The van der Waals surface area contributed by atoms with Gasteiger partial charge in [0.1, 0.15) is 11.6 Å². The average molecular weight is 395 g/mol. The lowest BCUT2D eigenvalue weighted by molar-refractivity contribution is -0.151. The molecule has 26 heavy (non-hydrogen) atoms. The molecule has 1 atom stereocenters. The van der Waals surface area contributed by atoms with E-state index in [4.69, 9.17) is 16.3 Å². The number of rotatable bonds is 4. The summed E-state index contributed by atoms with van der Waals surface area (Å²) in [5.74, 6) is -1.45. The molecule has 0 N–H and O–H groups in total. The van der Waals surface area contributed by atoms with Crippen LogP contribution in [-0.4, -0.2) is 41.0 Å². The van der Waals surface area contributed by atoms with E-state index in [0.29, 0.717) is 36.2 Å². The molecule has 0 aromatic carbocycles. The summed E-state index contributed by atoms with van der Waals surface area (Å²) in [7, 11) is 0. The molecule has 0 spiro atoms. The van der Waals surface area contributed by atoms with Gasteiger partial charge in [-0.05, 0) is 25.8 Å². The van der Waals surface area contributed by atoms with Crippen LogP contribution in [0.2, 0.25) is 5.02 Å². The van der Waals surface area contributed by atoms with E-state index < -0.39 is 46.7 Å². The summed E-state index contributed by atoms with van der Waals surface area (Å²) >= 11 is 5.57. The molecule has 1 aromatic heterocycles. The van der Waals surface area contributed by atoms with Crippen LogP contribution in [0.5, 0.6) is 0 Å². The van der Waals surface area contributed by atoms with Gasteiger partial charge in [0.05, 0.1) is 18.1 Å². The molecule has 2 heterocycles. The number of carbonyl (C=O) groups excluding carboxylic acids is 2. The Bertz CT molecular complexity index is 748. The first-order valence-corrected chi connectivity index (χ1v) is 8.43. The van der Waals surface area contributed by atoms with Crippen molar-refractivity contribution >= 4 is 23.5 Å². The Morgan fingerprint density at radius 3 is 2.69 bits per heavy atom. The standard InChI is InChI=1S/C16H18ClF3N2O4/c1-2-26-15(25)10-4-3-5-21(7-10)13(23)9-22-8-11(16(18,19)20)6-12(17)14(22)24/h6,8,10H,2-5,7,9H2,1H3/t10-/m1/s1. The Morgan fingerprint density at radius 2 is 2.08 bits per heavy atom. The Labute approximate surface area is 152 Å². The molecule has 1 aliphatic heterocycles. The van der Waals surface area contributed by atoms with Crippen LogP contribution in [0.4, 0.5) is 13.2 Å². The second-order valence-electron chi connectivity index (χ2n) is 5.94. The first kappa shape index (κ1) is 20.3. The molecule has 2 rings (SSSR count). The van der Waals surface area contributed by atoms with Gasteiger partial charge in [0.25, 0.3) is 5.56 Å². The fourth-order valence-corrected chi connectivity index (χ4v) is 3.00. The lowest BCUT2D eigenvalue weighted by Crippen LogP contribution is -2.45. The fraction of sp³-hybridized carbons (Fsp3) is 0.562. The number of hydrogen-bond donors (Lipinski definition) is 0. The third kappa shape index (κ3) is 4.78. The second kappa shape index (κ2) is 8.11. The van der Waals surface area contributed by atoms with Crippen LogP contribution >= 0.6 is 11.6 Å². The number of likely N-dealkylation sites (tertiary alicyclic amines) is 1. The van der Waals surface area contributed by atoms with E-state index in [-0.39, 0.29) is 13.2 Å². The minimum atomic E-state index is -4.69. The van der Waals surface area contributed by atoms with Crippen LogP contribution in [0.1, 0.15) is 25.3 Å². The zero-order valence-corrected chi connectivity index (χ0v) is 14.8. The number of piperidine rings is 1. The maximum atomic E-state index is 12.9. The van der Waals surface area contributed by atoms with Crippen molar-refractivity contribution < 1.29 is 27.5 Å². The first-order valence-electron chi connectivity index (χ1n) is 8.05. The Hall–Kier alpha value is -2.03. The monoisotopic (exact) mass is 394 g/mol. The normalized spacial score (nSPS) is 17.9. The summed E-state index contributed by atoms with van der Waals surface area (Å²) < 4.78 is 44.2. The first-order chi connectivity index (χ1) is 12.1. The number of hydrogen-bond acceptors (Lipinski definition) is 4. The number of pyridine rings is 1. The Morgan fingerprint density at radius 1 is 1.38 bits per heavy atom. The van der Waals surface area contributed by atoms with E-state index in [2.05, 4.69) is 0 Å². The SMILES string of the molecule is CCOC(=O)[C@@H]1CCCN(C(=O)Cn2cc(C(F)(F)F)cc(Cl)c2=O)C1. The minimum absolute atomic E-state index is 0.110. The number of halogens is 4. The molecule has 1 aliphatic rings. The number of alkyl halides is 3. The van der Waals surface area contributed by atoms with Crippen molar-refractivity contribution in [2.24, 2.45) is 5.92 Å². The average Bonchev–Trinajstić information content (AvgIpc) is 2.58. The van der Waals surface area contributed by atoms with Crippen molar-refractivity contribution in [1.29, 1.82) is 0 Å². The molecule has 1 fully saturated rings. The fourth-order valence-electron chi connectivity index (χ4n) is 2.77. The molecule has 0 saturated carbocycles. The molecule has 0 unspecified atom stereocenters. The van der Waals surface area contributed by atoms with Gasteiger partial charge in [-0.2, -0.15) is 13.2 Å². The molecular formula is C16H18ClF3N2O4. The number of carbonyl (C=O) groups is 2. The van der Waals surface area contributed by atoms with Crippen molar-refractivity contribution in [2.75, 3.05) is 19.7 Å². The van der Waals surface area contributed by atoms with Crippen LogP contribution in [0, 0.1) is 5.92 Å². The van der Waals surface area contributed by atoms with Crippen LogP contribution in [0.3, 0.4) is 0 Å². The van der Waals surface area contributed by atoms with Crippen LogP contribution in [0.15, 0.2) is 17.1 Å². The van der Waals surface area contributed by atoms with Gasteiger partial charge in [-0.15, -0.1) is 0 Å². The summed E-state index contributed by atoms with van der Waals surface area (Å²) in [6.45, 7) is 1.78. The summed E-state index contributed by atoms with van der Waals surface area (Å²) in [6.07, 6.45) is -2.99. The van der Waals surface area contributed by atoms with Crippen LogP contribution in [-0.2, 0) is 27.0 Å². The number of ether oxygens (including phenoxy) is 1. The number of amides is 1. The quantitative estimate of drug-likeness (QED) is 0.735. The van der Waals surface area contributed by atoms with Gasteiger partial charge in [-0.25, -0.2) is 0 Å². The zero-order valence-electron chi connectivity index (χ0n) is 14.0. The van der Waals surface area contributed by atoms with Crippen molar-refractivity contribution in [1.82, 2.24) is 9.47 Å². The number of esters is 1. The molecule has 0 aliphatic carbocycles. The lowest BCUT2D eigenvalue weighted by atomic mass is 9.98. The van der Waals surface area contributed by atoms with Gasteiger partial charge >= 0.3 is 12.1 Å². The predicted octanol–water partition coefficient (Wildman–Crippen LogP) is 2.32. The van der Waals surface area contributed by atoms with Crippen molar-refractivity contribution in [2.45, 2.75) is 32.5 Å². The summed E-state index contributed by atoms with van der Waals surface area (Å²) in [5.41, 5.74) is -2.00. The van der Waals surface area contributed by atoms with Crippen LogP contribution in [0.25, 0.3) is 0 Å². The van der Waals surface area contributed by atoms with E-state index in [1.165, 1.54) is 4.90 Å². The van der Waals surface area contributed by atoms with E-state index >= 15 is 0 Å². The molecule has 0 bridgehead atoms. The highest BCUT2D eigenvalue weighted by atomic mass is 35.5. The maximum absolute atomic E-state index is 12.9. The van der Waals surface area contributed by atoms with Gasteiger partial charge in [-0.3, -0.25) is 14.4 Å². The molecular weight excluding hydrogens is 377 g/mol. The third-order valence-electron chi connectivity index (χ3n) is 4.07. The minimum Gasteiger partial charge on any atom is -0.466 e. The highest BCUT2D eigenvalue weighted by Gasteiger charge is 2.33. The molecule has 144 valence electrons. The van der Waals surface area contributed by atoms with Gasteiger partial charge < -0.3 is 14.2 Å². The van der Waals surface area contributed by atoms with Gasteiger partial charge in [0.2, 0.25) is 5.91 Å². The molecule has 0 radical (unpaired) electrons. The van der Waals surface area contributed by atoms with E-state index in [1.54, 1.807) is 6.92 Å². The van der Waals surface area contributed by atoms with Crippen molar-refractivity contribution in [3.8, 4) is 0 Å². The summed E-state index contributed by atoms with van der Waals surface area (Å²) in [4.78, 5) is 37.5.